The van der Waals surface area contributed by atoms with E-state index in [0.29, 0.717) is 28.9 Å². The van der Waals surface area contributed by atoms with Crippen LogP contribution in [0.3, 0.4) is 0 Å². The summed E-state index contributed by atoms with van der Waals surface area (Å²) in [7, 11) is 1.57. The molecule has 1 fully saturated rings. The second kappa shape index (κ2) is 6.68. The first kappa shape index (κ1) is 16.4. The second-order valence-electron chi connectivity index (χ2n) is 6.19. The Morgan fingerprint density at radius 2 is 2.19 bits per heavy atom. The van der Waals surface area contributed by atoms with E-state index in [1.165, 1.54) is 4.68 Å². The number of nitrogens with one attached hydrogen (secondary N) is 2. The van der Waals surface area contributed by atoms with E-state index in [9.17, 15) is 9.59 Å². The molecule has 1 aliphatic rings. The van der Waals surface area contributed by atoms with Crippen LogP contribution in [-0.4, -0.2) is 37.5 Å². The van der Waals surface area contributed by atoms with Crippen molar-refractivity contribution in [3.05, 3.63) is 46.1 Å². The molecule has 1 amide bonds. The quantitative estimate of drug-likeness (QED) is 0.725. The van der Waals surface area contributed by atoms with Crippen LogP contribution in [0, 0.1) is 0 Å². The van der Waals surface area contributed by atoms with E-state index >= 15 is 0 Å². The second-order valence-corrected chi connectivity index (χ2v) is 6.19. The molecule has 1 aliphatic heterocycles. The third-order valence-electron chi connectivity index (χ3n) is 4.35. The molecule has 1 atom stereocenters. The predicted octanol–water partition coefficient (Wildman–Crippen LogP) is 1.08. The molecule has 1 unspecified atom stereocenters. The smallest absolute Gasteiger partial charge is 0.274 e. The molecule has 0 aliphatic carbocycles. The van der Waals surface area contributed by atoms with Gasteiger partial charge in [-0.25, -0.2) is 4.68 Å². The lowest BCUT2D eigenvalue weighted by molar-refractivity contribution is -0.115. The Labute approximate surface area is 148 Å². The van der Waals surface area contributed by atoms with Gasteiger partial charge < -0.3 is 4.74 Å². The highest BCUT2D eigenvalue weighted by molar-refractivity contribution is 5.94. The Kier molecular flexibility index (Phi) is 4.21. The van der Waals surface area contributed by atoms with E-state index in [-0.39, 0.29) is 29.9 Å². The minimum absolute atomic E-state index is 0.0123. The summed E-state index contributed by atoms with van der Waals surface area (Å²) < 4.78 is 6.78. The van der Waals surface area contributed by atoms with Crippen molar-refractivity contribution in [1.29, 1.82) is 0 Å². The largest absolute Gasteiger partial charge is 0.370 e. The molecule has 2 N–H and O–H groups in total. The predicted molar refractivity (Wildman–Crippen MR) is 93.6 cm³/mol. The lowest BCUT2D eigenvalue weighted by Gasteiger charge is -2.07. The van der Waals surface area contributed by atoms with Crippen LogP contribution in [-0.2, 0) is 23.0 Å². The molecule has 26 heavy (non-hydrogen) atoms. The van der Waals surface area contributed by atoms with Gasteiger partial charge in [0, 0.05) is 19.0 Å². The minimum Gasteiger partial charge on any atom is -0.370 e. The van der Waals surface area contributed by atoms with Crippen LogP contribution in [0.4, 0.5) is 5.95 Å². The number of anilines is 1. The first-order chi connectivity index (χ1) is 12.6. The molecule has 0 radical (unpaired) electrons. The summed E-state index contributed by atoms with van der Waals surface area (Å²) in [6.45, 7) is 0.707. The molecule has 134 valence electrons. The fraction of sp³-hybridized carbons (Fsp3) is 0.353. The van der Waals surface area contributed by atoms with Crippen molar-refractivity contribution in [2.45, 2.75) is 25.4 Å². The molecule has 3 aromatic rings. The van der Waals surface area contributed by atoms with E-state index in [0.717, 1.165) is 12.8 Å². The first-order valence-electron chi connectivity index (χ1n) is 8.40. The first-order valence-corrected chi connectivity index (χ1v) is 8.40. The number of carbonyl (C=O) groups is 1. The van der Waals surface area contributed by atoms with Crippen molar-refractivity contribution >= 4 is 22.6 Å². The van der Waals surface area contributed by atoms with Crippen LogP contribution >= 0.6 is 0 Å². The average Bonchev–Trinajstić information content (AvgIpc) is 3.31. The van der Waals surface area contributed by atoms with Gasteiger partial charge >= 0.3 is 0 Å². The third-order valence-corrected chi connectivity index (χ3v) is 4.35. The van der Waals surface area contributed by atoms with Gasteiger partial charge in [0.15, 0.2) is 5.82 Å². The van der Waals surface area contributed by atoms with E-state index in [2.05, 4.69) is 25.6 Å². The van der Waals surface area contributed by atoms with Crippen LogP contribution in [0.25, 0.3) is 10.8 Å². The molecular weight excluding hydrogens is 336 g/mol. The monoisotopic (exact) mass is 354 g/mol. The van der Waals surface area contributed by atoms with E-state index in [1.54, 1.807) is 25.2 Å². The molecule has 9 heteroatoms. The van der Waals surface area contributed by atoms with Crippen molar-refractivity contribution in [3.8, 4) is 0 Å². The van der Waals surface area contributed by atoms with Crippen molar-refractivity contribution in [2.75, 3.05) is 11.9 Å². The minimum atomic E-state index is -0.306. The number of fused-ring (bicyclic) bond motifs is 1. The molecule has 9 nitrogen and oxygen atoms in total. The molecule has 4 rings (SSSR count). The lowest BCUT2D eigenvalue weighted by atomic mass is 10.1. The molecule has 2 aromatic heterocycles. The molecule has 0 bridgehead atoms. The van der Waals surface area contributed by atoms with Gasteiger partial charge in [-0.1, -0.05) is 18.2 Å². The molecule has 0 saturated carbocycles. The van der Waals surface area contributed by atoms with Crippen LogP contribution in [0.5, 0.6) is 0 Å². The summed E-state index contributed by atoms with van der Waals surface area (Å²) in [5.74, 6) is 0.511. The number of benzene rings is 1. The summed E-state index contributed by atoms with van der Waals surface area (Å²) in [6.07, 6.45) is 1.79. The highest BCUT2D eigenvalue weighted by atomic mass is 16.5. The zero-order valence-corrected chi connectivity index (χ0v) is 14.2. The van der Waals surface area contributed by atoms with Crippen LogP contribution in [0.1, 0.15) is 30.5 Å². The van der Waals surface area contributed by atoms with Gasteiger partial charge in [0.05, 0.1) is 17.5 Å². The number of hydrogen-bond acceptors (Lipinski definition) is 6. The highest BCUT2D eigenvalue weighted by Crippen LogP contribution is 2.26. The van der Waals surface area contributed by atoms with Crippen LogP contribution in [0.15, 0.2) is 29.1 Å². The maximum absolute atomic E-state index is 12.4. The number of H-pyrrole nitrogens is 1. The SMILES string of the molecule is Cn1nc(CC(=O)Nc2n[nH]c(C3CCCO3)n2)c2ccccc2c1=O. The molecule has 1 saturated heterocycles. The average molecular weight is 354 g/mol. The van der Waals surface area contributed by atoms with E-state index in [1.807, 2.05) is 6.07 Å². The summed E-state index contributed by atoms with van der Waals surface area (Å²) >= 11 is 0. The normalized spacial score (nSPS) is 16.9. The number of carbonyl (C=O) groups excluding carboxylic acids is 1. The third kappa shape index (κ3) is 3.08. The van der Waals surface area contributed by atoms with E-state index in [4.69, 9.17) is 4.74 Å². The van der Waals surface area contributed by atoms with Gasteiger partial charge in [-0.2, -0.15) is 10.1 Å². The van der Waals surface area contributed by atoms with Gasteiger partial charge in [-0.15, -0.1) is 5.10 Å². The number of hydrogen-bond donors (Lipinski definition) is 2. The van der Waals surface area contributed by atoms with Gasteiger partial charge in [-0.05, 0) is 18.9 Å². The Hall–Kier alpha value is -3.07. The van der Waals surface area contributed by atoms with Gasteiger partial charge in [-0.3, -0.25) is 20.0 Å². The number of aryl methyl sites for hydroxylation is 1. The zero-order chi connectivity index (χ0) is 18.1. The zero-order valence-electron chi connectivity index (χ0n) is 14.2. The van der Waals surface area contributed by atoms with Gasteiger partial charge in [0.25, 0.3) is 5.56 Å². The number of amides is 1. The molecule has 3 heterocycles. The maximum atomic E-state index is 12.4. The fourth-order valence-electron chi connectivity index (χ4n) is 3.09. The molecule has 1 aromatic carbocycles. The topological polar surface area (TPSA) is 115 Å². The Morgan fingerprint density at radius 3 is 2.96 bits per heavy atom. The van der Waals surface area contributed by atoms with Gasteiger partial charge in [0.1, 0.15) is 6.10 Å². The summed E-state index contributed by atoms with van der Waals surface area (Å²) in [4.78, 5) is 28.8. The lowest BCUT2D eigenvalue weighted by Crippen LogP contribution is -2.24. The van der Waals surface area contributed by atoms with Crippen molar-refractivity contribution in [1.82, 2.24) is 25.0 Å². The van der Waals surface area contributed by atoms with Crippen molar-refractivity contribution in [3.63, 3.8) is 0 Å². The summed E-state index contributed by atoms with van der Waals surface area (Å²) in [5, 5.41) is 14.9. The Bertz CT molecular complexity index is 1020. The summed E-state index contributed by atoms with van der Waals surface area (Å²) in [6, 6.07) is 7.11. The number of aromatic amines is 1. The van der Waals surface area contributed by atoms with Crippen LogP contribution < -0.4 is 10.9 Å². The number of nitrogens with zero attached hydrogens (tertiary/aromatic N) is 4. The van der Waals surface area contributed by atoms with Crippen molar-refractivity contribution < 1.29 is 9.53 Å². The van der Waals surface area contributed by atoms with Gasteiger partial charge in [0.2, 0.25) is 11.9 Å². The number of aromatic nitrogens is 5. The maximum Gasteiger partial charge on any atom is 0.274 e. The standard InChI is InChI=1S/C17H18N6O3/c1-23-16(25)11-6-3-2-5-10(11)12(22-23)9-14(24)18-17-19-15(20-21-17)13-7-4-8-26-13/h2-3,5-6,13H,4,7-9H2,1H3,(H2,18,19,20,21,24). The Balaban J connectivity index is 1.53. The fourth-order valence-corrected chi connectivity index (χ4v) is 3.09. The highest BCUT2D eigenvalue weighted by Gasteiger charge is 2.22. The van der Waals surface area contributed by atoms with Crippen molar-refractivity contribution in [2.24, 2.45) is 7.05 Å². The number of ether oxygens (including phenoxy) is 1. The van der Waals surface area contributed by atoms with Crippen LogP contribution in [0.2, 0.25) is 0 Å². The van der Waals surface area contributed by atoms with E-state index < -0.39 is 0 Å². The number of rotatable bonds is 4. The molecule has 0 spiro atoms. The summed E-state index contributed by atoms with van der Waals surface area (Å²) in [5.41, 5.74) is 0.329. The molecular formula is C17H18N6O3. The Morgan fingerprint density at radius 1 is 1.38 bits per heavy atom.